The van der Waals surface area contributed by atoms with Crippen LogP contribution in [0.4, 0.5) is 0 Å². The first kappa shape index (κ1) is 15.8. The number of carbonyl (C=O) groups is 1. The highest BCUT2D eigenvalue weighted by atomic mass is 35.5. The number of benzene rings is 1. The molecule has 2 unspecified atom stereocenters. The fraction of sp³-hybridized carbons (Fsp3) is 0.611. The van der Waals surface area contributed by atoms with Gasteiger partial charge in [0.15, 0.2) is 0 Å². The summed E-state index contributed by atoms with van der Waals surface area (Å²) in [5.74, 6) is 0.841. The summed E-state index contributed by atoms with van der Waals surface area (Å²) in [4.78, 5) is 14.6. The van der Waals surface area contributed by atoms with Crippen LogP contribution in [0.2, 0.25) is 5.02 Å². The second-order valence-corrected chi connectivity index (χ2v) is 7.15. The Balaban J connectivity index is 1.57. The van der Waals surface area contributed by atoms with E-state index in [1.54, 1.807) is 0 Å². The zero-order valence-electron chi connectivity index (χ0n) is 13.2. The number of hydrogen-bond donors (Lipinski definition) is 1. The van der Waals surface area contributed by atoms with E-state index in [1.807, 2.05) is 29.2 Å². The van der Waals surface area contributed by atoms with E-state index in [1.165, 1.54) is 12.8 Å². The van der Waals surface area contributed by atoms with Gasteiger partial charge >= 0.3 is 0 Å². The number of nitrogens with zero attached hydrogens (tertiary/aromatic N) is 1. The number of carbonyl (C=O) groups excluding carboxylic acids is 1. The van der Waals surface area contributed by atoms with Gasteiger partial charge in [-0.2, -0.15) is 0 Å². The monoisotopic (exact) mass is 320 g/mol. The largest absolute Gasteiger partial charge is 0.339 e. The van der Waals surface area contributed by atoms with Crippen LogP contribution in [0.1, 0.15) is 44.6 Å². The van der Waals surface area contributed by atoms with Crippen molar-refractivity contribution in [1.29, 1.82) is 0 Å². The second kappa shape index (κ2) is 7.01. The molecular formula is C18H25ClN2O. The molecule has 2 aliphatic rings. The second-order valence-electron chi connectivity index (χ2n) is 6.72. The molecule has 2 fully saturated rings. The van der Waals surface area contributed by atoms with Gasteiger partial charge in [-0.3, -0.25) is 4.79 Å². The Morgan fingerprint density at radius 1 is 1.32 bits per heavy atom. The van der Waals surface area contributed by atoms with E-state index in [4.69, 9.17) is 11.6 Å². The zero-order valence-corrected chi connectivity index (χ0v) is 14.0. The lowest BCUT2D eigenvalue weighted by Gasteiger charge is -2.30. The molecule has 1 amide bonds. The first-order valence-corrected chi connectivity index (χ1v) is 8.80. The van der Waals surface area contributed by atoms with Crippen molar-refractivity contribution in [1.82, 2.24) is 10.2 Å². The van der Waals surface area contributed by atoms with Crippen molar-refractivity contribution in [2.45, 2.75) is 57.7 Å². The van der Waals surface area contributed by atoms with Crippen molar-refractivity contribution in [3.05, 3.63) is 34.9 Å². The molecule has 2 aliphatic heterocycles. The molecule has 1 N–H and O–H groups in total. The number of nitrogens with one attached hydrogen (secondary N) is 1. The molecule has 120 valence electrons. The summed E-state index contributed by atoms with van der Waals surface area (Å²) in [5.41, 5.74) is 1.10. The molecule has 2 bridgehead atoms. The van der Waals surface area contributed by atoms with Gasteiger partial charge in [0, 0.05) is 36.6 Å². The Morgan fingerprint density at radius 3 is 2.68 bits per heavy atom. The average molecular weight is 321 g/mol. The highest BCUT2D eigenvalue weighted by Crippen LogP contribution is 2.33. The zero-order chi connectivity index (χ0) is 15.5. The van der Waals surface area contributed by atoms with Crippen molar-refractivity contribution in [3.63, 3.8) is 0 Å². The minimum atomic E-state index is 0.286. The van der Waals surface area contributed by atoms with E-state index < -0.39 is 0 Å². The van der Waals surface area contributed by atoms with Gasteiger partial charge in [-0.05, 0) is 56.2 Å². The van der Waals surface area contributed by atoms with E-state index in [0.717, 1.165) is 30.0 Å². The number of piperidine rings is 1. The molecule has 0 radical (unpaired) electrons. The summed E-state index contributed by atoms with van der Waals surface area (Å²) in [6.45, 7) is 3.46. The van der Waals surface area contributed by atoms with Gasteiger partial charge in [-0.15, -0.1) is 0 Å². The molecular weight excluding hydrogens is 296 g/mol. The van der Waals surface area contributed by atoms with E-state index in [0.29, 0.717) is 31.0 Å². The minimum Gasteiger partial charge on any atom is -0.339 e. The van der Waals surface area contributed by atoms with Crippen molar-refractivity contribution in [2.24, 2.45) is 5.92 Å². The van der Waals surface area contributed by atoms with Crippen molar-refractivity contribution in [2.75, 3.05) is 6.54 Å². The Morgan fingerprint density at radius 2 is 2.05 bits per heavy atom. The smallest absolute Gasteiger partial charge is 0.223 e. The minimum absolute atomic E-state index is 0.286. The molecule has 0 aliphatic carbocycles. The molecule has 0 spiro atoms. The number of rotatable bonds is 5. The summed E-state index contributed by atoms with van der Waals surface area (Å²) in [6.07, 6.45) is 5.60. The van der Waals surface area contributed by atoms with Gasteiger partial charge in [0.1, 0.15) is 0 Å². The Labute approximate surface area is 138 Å². The number of halogens is 1. The number of fused-ring (bicyclic) bond motifs is 2. The number of amides is 1. The quantitative estimate of drug-likeness (QED) is 0.899. The molecule has 2 atom stereocenters. The highest BCUT2D eigenvalue weighted by Gasteiger charge is 2.34. The van der Waals surface area contributed by atoms with E-state index >= 15 is 0 Å². The first-order chi connectivity index (χ1) is 10.6. The van der Waals surface area contributed by atoms with Crippen molar-refractivity contribution in [3.8, 4) is 0 Å². The molecule has 0 saturated carbocycles. The molecule has 0 aromatic heterocycles. The summed E-state index contributed by atoms with van der Waals surface area (Å²) < 4.78 is 0. The maximum atomic E-state index is 12.6. The van der Waals surface area contributed by atoms with Gasteiger partial charge < -0.3 is 10.2 Å². The normalized spacial score (nSPS) is 26.9. The van der Waals surface area contributed by atoms with Crippen LogP contribution in [0, 0.1) is 5.92 Å². The average Bonchev–Trinajstić information content (AvgIpc) is 2.83. The van der Waals surface area contributed by atoms with Crippen LogP contribution in [0.3, 0.4) is 0 Å². The Bertz CT molecular complexity index is 522. The molecule has 4 heteroatoms. The van der Waals surface area contributed by atoms with E-state index in [-0.39, 0.29) is 5.91 Å². The fourth-order valence-electron chi connectivity index (χ4n) is 3.95. The summed E-state index contributed by atoms with van der Waals surface area (Å²) in [6, 6.07) is 9.10. The predicted molar refractivity (Wildman–Crippen MR) is 89.8 cm³/mol. The molecule has 3 rings (SSSR count). The molecule has 22 heavy (non-hydrogen) atoms. The summed E-state index contributed by atoms with van der Waals surface area (Å²) in [7, 11) is 0. The van der Waals surface area contributed by atoms with Crippen LogP contribution in [0.5, 0.6) is 0 Å². The van der Waals surface area contributed by atoms with E-state index in [2.05, 4.69) is 12.2 Å². The third kappa shape index (κ3) is 3.82. The summed E-state index contributed by atoms with van der Waals surface area (Å²) in [5, 5.41) is 4.38. The van der Waals surface area contributed by atoms with E-state index in [9.17, 15) is 4.79 Å². The van der Waals surface area contributed by atoms with Crippen LogP contribution in [-0.2, 0) is 11.3 Å². The summed E-state index contributed by atoms with van der Waals surface area (Å²) >= 11 is 6.04. The third-order valence-corrected chi connectivity index (χ3v) is 5.27. The van der Waals surface area contributed by atoms with Crippen LogP contribution < -0.4 is 5.32 Å². The lowest BCUT2D eigenvalue weighted by molar-refractivity contribution is -0.132. The van der Waals surface area contributed by atoms with Crippen molar-refractivity contribution >= 4 is 17.5 Å². The van der Waals surface area contributed by atoms with Crippen LogP contribution in [-0.4, -0.2) is 29.4 Å². The number of hydrogen-bond acceptors (Lipinski definition) is 2. The maximum Gasteiger partial charge on any atom is 0.223 e. The molecule has 2 saturated heterocycles. The van der Waals surface area contributed by atoms with Crippen LogP contribution in [0.25, 0.3) is 0 Å². The molecule has 1 aromatic rings. The molecule has 2 heterocycles. The first-order valence-electron chi connectivity index (χ1n) is 8.42. The Hall–Kier alpha value is -1.06. The van der Waals surface area contributed by atoms with Gasteiger partial charge in [0.25, 0.3) is 0 Å². The lowest BCUT2D eigenvalue weighted by Crippen LogP contribution is -2.40. The van der Waals surface area contributed by atoms with Crippen LogP contribution in [0.15, 0.2) is 24.3 Å². The fourth-order valence-corrected chi connectivity index (χ4v) is 4.16. The van der Waals surface area contributed by atoms with Gasteiger partial charge in [-0.25, -0.2) is 0 Å². The SMILES string of the molecule is CCN(Cc1cccc(Cl)c1)C(=O)CC1CC2CCC(C1)N2. The van der Waals surface area contributed by atoms with Gasteiger partial charge in [0.2, 0.25) is 5.91 Å². The topological polar surface area (TPSA) is 32.3 Å². The molecule has 1 aromatic carbocycles. The molecule has 3 nitrogen and oxygen atoms in total. The third-order valence-electron chi connectivity index (χ3n) is 5.03. The maximum absolute atomic E-state index is 12.6. The van der Waals surface area contributed by atoms with Crippen molar-refractivity contribution < 1.29 is 4.79 Å². The predicted octanol–water partition coefficient (Wildman–Crippen LogP) is 3.61. The Kier molecular flexibility index (Phi) is 5.04. The van der Waals surface area contributed by atoms with Crippen LogP contribution >= 0.6 is 11.6 Å². The van der Waals surface area contributed by atoms with Gasteiger partial charge in [-0.1, -0.05) is 23.7 Å². The van der Waals surface area contributed by atoms with Gasteiger partial charge in [0.05, 0.1) is 0 Å². The lowest BCUT2D eigenvalue weighted by atomic mass is 9.89. The highest BCUT2D eigenvalue weighted by molar-refractivity contribution is 6.30. The standard InChI is InChI=1S/C18H25ClN2O/c1-2-21(12-13-4-3-5-15(19)8-13)18(22)11-14-9-16-6-7-17(10-14)20-16/h3-5,8,14,16-17,20H,2,6-7,9-12H2,1H3.